The highest BCUT2D eigenvalue weighted by Gasteiger charge is 2.37. The van der Waals surface area contributed by atoms with E-state index >= 15 is 0 Å². The first kappa shape index (κ1) is 125. The van der Waals surface area contributed by atoms with Gasteiger partial charge in [0.2, 0.25) is 42.0 Å². The molecule has 0 spiro atoms. The van der Waals surface area contributed by atoms with Gasteiger partial charge in [-0.05, 0) is 116 Å². The molecule has 6 amide bonds. The standard InChI is InChI=1S/C53H88N5O13P.C44H71N3O12/c1-9-31-64-39-42-67-35-28-55-50(61)21-24-53(25-22-51(62)56-29-36-68-43-40-65-32-10-2,26-23-52(63)57-30-37-69-44-41-66-33-11-3)45-49(60)20-17-19-48(59)18-15-13-12-14-16-34-70-72(71-38-27-54-8)58(46(4)5)47(6)7;1-4-26-54-32-35-57-29-22-45-41(51)16-19-44(20-17-42(52)46-23-30-58-36-33-55-27-5-2,21-18-43(53)47-24-31-59-37-34-56-28-6-3)38-40(50)15-12-14-39(49)13-10-8-7-9-11-25-48/h1-3,46-47H,12-45H2,4-7H3,(H,55,61)(H,56,62)(H,57,63);1-3,48H,7-38H2,(H,45,51)(H,46,52)(H,47,53). The summed E-state index contributed by atoms with van der Waals surface area (Å²) in [6, 6.07) is 0.483. The van der Waals surface area contributed by atoms with Gasteiger partial charge in [-0.25, -0.2) is 11.2 Å². The molecular formula is C97H159N8O25P. The van der Waals surface area contributed by atoms with Crippen LogP contribution in [0.1, 0.15) is 233 Å². The van der Waals surface area contributed by atoms with E-state index in [0.29, 0.717) is 125 Å². The number of rotatable bonds is 94. The van der Waals surface area contributed by atoms with Crippen LogP contribution in [0, 0.1) is 91.5 Å². The Balaban J connectivity index is 0. The monoisotopic (exact) mass is 1870 g/mol. The van der Waals surface area contributed by atoms with Gasteiger partial charge in [-0.1, -0.05) is 74.0 Å². The minimum atomic E-state index is -1.26. The zero-order valence-corrected chi connectivity index (χ0v) is 80.3. The maximum atomic E-state index is 13.8. The Bertz CT molecular complexity index is 3070. The fraction of sp³-hybridized carbons (Fsp3) is 0.763. The van der Waals surface area contributed by atoms with Gasteiger partial charge in [0.1, 0.15) is 69.4 Å². The average molecular weight is 1870 g/mol. The zero-order valence-electron chi connectivity index (χ0n) is 79.4. The van der Waals surface area contributed by atoms with Crippen molar-refractivity contribution in [2.75, 3.05) is 224 Å². The summed E-state index contributed by atoms with van der Waals surface area (Å²) in [7, 11) is -1.26. The molecule has 0 aromatic rings. The van der Waals surface area contributed by atoms with Crippen LogP contribution in [0.3, 0.4) is 0 Å². The van der Waals surface area contributed by atoms with Gasteiger partial charge < -0.3 is 108 Å². The molecular weight excluding hydrogens is 1710 g/mol. The Morgan fingerprint density at radius 2 is 0.534 bits per heavy atom. The van der Waals surface area contributed by atoms with E-state index in [2.05, 4.69) is 105 Å². The molecule has 0 aliphatic heterocycles. The number of carbonyl (C=O) groups is 10. The molecule has 0 saturated heterocycles. The second kappa shape index (κ2) is 92.6. The number of ether oxygens (including phenoxy) is 12. The molecule has 0 aromatic carbocycles. The summed E-state index contributed by atoms with van der Waals surface area (Å²) in [5.41, 5.74) is -1.74. The Morgan fingerprint density at radius 1 is 0.305 bits per heavy atom. The Labute approximate surface area is 784 Å². The highest BCUT2D eigenvalue weighted by atomic mass is 31.2. The van der Waals surface area contributed by atoms with Crippen molar-refractivity contribution in [1.82, 2.24) is 36.6 Å². The number of nitrogens with one attached hydrogen (secondary N) is 6. The first-order valence-electron chi connectivity index (χ1n) is 46.5. The minimum Gasteiger partial charge on any atom is -0.396 e. The molecule has 0 bridgehead atoms. The van der Waals surface area contributed by atoms with Gasteiger partial charge in [0.05, 0.1) is 126 Å². The molecule has 0 saturated carbocycles. The molecule has 0 aliphatic rings. The maximum Gasteiger partial charge on any atom is 0.259 e. The number of carbonyl (C=O) groups excluding carboxylic acids is 10. The van der Waals surface area contributed by atoms with Crippen LogP contribution in [0.4, 0.5) is 0 Å². The summed E-state index contributed by atoms with van der Waals surface area (Å²) in [6.07, 6.45) is 44.3. The van der Waals surface area contributed by atoms with Crippen LogP contribution in [0.15, 0.2) is 0 Å². The molecule has 0 fully saturated rings. The van der Waals surface area contributed by atoms with Crippen molar-refractivity contribution >= 4 is 67.1 Å². The Morgan fingerprint density at radius 3 is 0.786 bits per heavy atom. The highest BCUT2D eigenvalue weighted by molar-refractivity contribution is 7.44. The van der Waals surface area contributed by atoms with E-state index in [1.54, 1.807) is 0 Å². The number of Topliss-reactive ketones (excluding diaryl/α,β-unsaturated/α-hetero) is 4. The SMILES string of the molecule is C#CCOCCOCCNC(=O)CCC(CCC(=O)NCCOCCOCC#C)(CCC(=O)NCCOCCOCC#C)CC(=O)CCCC(=O)CCCCCCCO.[C-]#[N+]CCOP(OCCCCCCCC(=O)CCCC(=O)CC(CCC(=O)NCCOCCOCC#C)(CCC(=O)NCCOCCOCC#C)CCC(=O)NCCOCCOCC#C)N(C(C)C)C(C)C. The molecule has 33 nitrogen and oxygen atoms in total. The normalized spacial score (nSPS) is 11.4. The average Bonchev–Trinajstić information content (AvgIpc) is 0.847. The number of nitrogens with zero attached hydrogens (tertiary/aromatic N) is 2. The highest BCUT2D eigenvalue weighted by Crippen LogP contribution is 2.46. The van der Waals surface area contributed by atoms with Gasteiger partial charge in [-0.15, -0.1) is 38.5 Å². The predicted molar refractivity (Wildman–Crippen MR) is 503 cm³/mol. The van der Waals surface area contributed by atoms with Gasteiger partial charge in [0.15, 0.2) is 0 Å². The van der Waals surface area contributed by atoms with E-state index in [-0.39, 0.29) is 311 Å². The molecule has 1 unspecified atom stereocenters. The van der Waals surface area contributed by atoms with Crippen molar-refractivity contribution < 1.29 is 119 Å². The number of amides is 6. The first-order valence-corrected chi connectivity index (χ1v) is 47.7. The third kappa shape index (κ3) is 82.5. The minimum absolute atomic E-state index is 0.0308. The fourth-order valence-corrected chi connectivity index (χ4v) is 15.0. The second-order valence-electron chi connectivity index (χ2n) is 31.6. The topological polar surface area (TPSA) is 400 Å². The van der Waals surface area contributed by atoms with Crippen molar-refractivity contribution in [2.24, 2.45) is 10.8 Å². The van der Waals surface area contributed by atoms with E-state index < -0.39 is 19.4 Å². The number of ketones is 4. The third-order valence-electron chi connectivity index (χ3n) is 20.1. The van der Waals surface area contributed by atoms with Gasteiger partial charge in [-0.3, -0.25) is 47.9 Å². The largest absolute Gasteiger partial charge is 0.396 e. The van der Waals surface area contributed by atoms with Crippen LogP contribution >= 0.6 is 8.53 Å². The predicted octanol–water partition coefficient (Wildman–Crippen LogP) is 8.69. The first-order chi connectivity index (χ1) is 63.5. The number of hydrogen-bond donors (Lipinski definition) is 7. The van der Waals surface area contributed by atoms with Crippen molar-refractivity contribution in [3.63, 3.8) is 0 Å². The van der Waals surface area contributed by atoms with Crippen LogP contribution in [-0.4, -0.2) is 305 Å². The van der Waals surface area contributed by atoms with Gasteiger partial charge in [0.25, 0.3) is 8.53 Å². The molecule has 0 aliphatic carbocycles. The van der Waals surface area contributed by atoms with Crippen molar-refractivity contribution in [3.05, 3.63) is 11.4 Å². The Kier molecular flexibility index (Phi) is 88.5. The lowest BCUT2D eigenvalue weighted by molar-refractivity contribution is -0.127. The molecule has 742 valence electrons. The summed E-state index contributed by atoms with van der Waals surface area (Å²) in [5, 5.41) is 26.0. The van der Waals surface area contributed by atoms with E-state index in [1.807, 2.05) is 0 Å². The van der Waals surface area contributed by atoms with Crippen molar-refractivity contribution in [1.29, 1.82) is 0 Å². The maximum absolute atomic E-state index is 13.8. The van der Waals surface area contributed by atoms with E-state index in [4.69, 9.17) is 116 Å². The molecule has 0 heterocycles. The molecule has 7 N–H and O–H groups in total. The number of aliphatic hydroxyl groups is 1. The summed E-state index contributed by atoms with van der Waals surface area (Å²) < 4.78 is 78.4. The fourth-order valence-electron chi connectivity index (χ4n) is 13.4. The number of hydrogen-bond acceptors (Lipinski definition) is 26. The number of unbranched alkanes of at least 4 members (excludes halogenated alkanes) is 8. The lowest BCUT2D eigenvalue weighted by Crippen LogP contribution is -2.35. The second-order valence-corrected chi connectivity index (χ2v) is 33.1. The molecule has 0 radical (unpaired) electrons. The van der Waals surface area contributed by atoms with Crippen LogP contribution in [-0.2, 0) is 114 Å². The number of aliphatic hydroxyl groups excluding tert-OH is 1. The van der Waals surface area contributed by atoms with Gasteiger partial charge in [-0.2, -0.15) is 0 Å². The zero-order chi connectivity index (χ0) is 96.8. The summed E-state index contributed by atoms with van der Waals surface area (Å²) in [6.45, 7) is 25.0. The molecule has 1 atom stereocenters. The number of terminal acetylenes is 6. The van der Waals surface area contributed by atoms with Gasteiger partial charge >= 0.3 is 0 Å². The molecule has 131 heavy (non-hydrogen) atoms. The van der Waals surface area contributed by atoms with E-state index in [1.165, 1.54) is 0 Å². The van der Waals surface area contributed by atoms with Crippen LogP contribution in [0.5, 0.6) is 0 Å². The summed E-state index contributed by atoms with van der Waals surface area (Å²) in [4.78, 5) is 135. The smallest absolute Gasteiger partial charge is 0.259 e. The quantitative estimate of drug-likeness (QED) is 0.0129. The van der Waals surface area contributed by atoms with Gasteiger partial charge in [0, 0.05) is 148 Å². The molecule has 0 aromatic heterocycles. The lowest BCUT2D eigenvalue weighted by Gasteiger charge is -2.35. The lowest BCUT2D eigenvalue weighted by atomic mass is 9.71. The molecule has 34 heteroatoms. The van der Waals surface area contributed by atoms with E-state index in [0.717, 1.165) is 64.2 Å². The molecule has 0 rings (SSSR count). The third-order valence-corrected chi connectivity index (χ3v) is 22.2. The van der Waals surface area contributed by atoms with Crippen molar-refractivity contribution in [2.45, 2.75) is 245 Å². The van der Waals surface area contributed by atoms with Crippen LogP contribution < -0.4 is 31.9 Å². The summed E-state index contributed by atoms with van der Waals surface area (Å²) >= 11 is 0. The Hall–Kier alpha value is -7.86. The van der Waals surface area contributed by atoms with Crippen LogP contribution in [0.25, 0.3) is 4.85 Å². The summed E-state index contributed by atoms with van der Waals surface area (Å²) in [5.74, 6) is 12.8. The van der Waals surface area contributed by atoms with Crippen molar-refractivity contribution in [3.8, 4) is 74.1 Å². The van der Waals surface area contributed by atoms with E-state index in [9.17, 15) is 47.9 Å². The van der Waals surface area contributed by atoms with Crippen LogP contribution in [0.2, 0.25) is 0 Å².